The van der Waals surface area contributed by atoms with Gasteiger partial charge in [0.1, 0.15) is 11.6 Å². The molecule has 0 aliphatic carbocycles. The molecular formula is C16H13FOS. The molecule has 0 unspecified atom stereocenters. The van der Waals surface area contributed by atoms with Crippen LogP contribution in [0.25, 0.3) is 10.1 Å². The van der Waals surface area contributed by atoms with Gasteiger partial charge < -0.3 is 5.11 Å². The normalized spacial score (nSPS) is 11.1. The van der Waals surface area contributed by atoms with Crippen molar-refractivity contribution in [1.29, 1.82) is 0 Å². The van der Waals surface area contributed by atoms with Gasteiger partial charge in [-0.2, -0.15) is 0 Å². The summed E-state index contributed by atoms with van der Waals surface area (Å²) in [6.45, 7) is 2.02. The van der Waals surface area contributed by atoms with E-state index >= 15 is 0 Å². The zero-order chi connectivity index (χ0) is 13.4. The van der Waals surface area contributed by atoms with E-state index in [1.165, 1.54) is 6.07 Å². The maximum atomic E-state index is 13.7. The molecule has 0 fully saturated rings. The third-order valence-electron chi connectivity index (χ3n) is 3.27. The lowest BCUT2D eigenvalue weighted by Gasteiger charge is -2.06. The summed E-state index contributed by atoms with van der Waals surface area (Å²) in [7, 11) is 0. The minimum Gasteiger partial charge on any atom is -0.508 e. The predicted molar refractivity (Wildman–Crippen MR) is 77.4 cm³/mol. The first-order valence-electron chi connectivity index (χ1n) is 6.08. The second-order valence-electron chi connectivity index (χ2n) is 4.67. The Labute approximate surface area is 115 Å². The lowest BCUT2D eigenvalue weighted by molar-refractivity contribution is 0.475. The van der Waals surface area contributed by atoms with E-state index in [9.17, 15) is 9.50 Å². The largest absolute Gasteiger partial charge is 0.508 e. The van der Waals surface area contributed by atoms with Gasteiger partial charge in [-0.15, -0.1) is 11.3 Å². The Morgan fingerprint density at radius 2 is 1.95 bits per heavy atom. The Balaban J connectivity index is 2.13. The molecule has 3 heteroatoms. The van der Waals surface area contributed by atoms with E-state index in [1.54, 1.807) is 35.6 Å². The predicted octanol–water partition coefficient (Wildman–Crippen LogP) is 4.65. The molecule has 0 radical (unpaired) electrons. The van der Waals surface area contributed by atoms with Crippen LogP contribution in [0.3, 0.4) is 0 Å². The van der Waals surface area contributed by atoms with Gasteiger partial charge >= 0.3 is 0 Å². The Morgan fingerprint density at radius 1 is 1.16 bits per heavy atom. The van der Waals surface area contributed by atoms with Crippen molar-refractivity contribution >= 4 is 21.4 Å². The second-order valence-corrected chi connectivity index (χ2v) is 5.55. The zero-order valence-electron chi connectivity index (χ0n) is 10.5. The molecule has 0 aliphatic rings. The Bertz CT molecular complexity index is 746. The summed E-state index contributed by atoms with van der Waals surface area (Å²) in [4.78, 5) is 0. The average molecular weight is 272 g/mol. The molecule has 1 nitrogen and oxygen atoms in total. The van der Waals surface area contributed by atoms with Crippen LogP contribution in [-0.4, -0.2) is 5.11 Å². The number of aryl methyl sites for hydroxylation is 1. The van der Waals surface area contributed by atoms with Crippen molar-refractivity contribution in [3.05, 3.63) is 64.3 Å². The van der Waals surface area contributed by atoms with E-state index < -0.39 is 0 Å². The van der Waals surface area contributed by atoms with Crippen molar-refractivity contribution in [3.8, 4) is 5.75 Å². The highest BCUT2D eigenvalue weighted by molar-refractivity contribution is 7.17. The van der Waals surface area contributed by atoms with Crippen molar-refractivity contribution in [1.82, 2.24) is 0 Å². The molecule has 3 rings (SSSR count). The molecule has 0 spiro atoms. The number of halogens is 1. The van der Waals surface area contributed by atoms with Crippen LogP contribution in [0.1, 0.15) is 16.7 Å². The molecule has 0 amide bonds. The molecule has 19 heavy (non-hydrogen) atoms. The number of hydrogen-bond donors (Lipinski definition) is 1. The highest BCUT2D eigenvalue weighted by Gasteiger charge is 2.10. The van der Waals surface area contributed by atoms with Crippen LogP contribution < -0.4 is 0 Å². The highest BCUT2D eigenvalue weighted by atomic mass is 32.1. The molecule has 3 aromatic rings. The van der Waals surface area contributed by atoms with Gasteiger partial charge in [0, 0.05) is 11.1 Å². The van der Waals surface area contributed by atoms with E-state index in [4.69, 9.17) is 0 Å². The van der Waals surface area contributed by atoms with E-state index in [1.807, 2.05) is 13.0 Å². The molecule has 96 valence electrons. The number of benzene rings is 2. The summed E-state index contributed by atoms with van der Waals surface area (Å²) in [5.41, 5.74) is 2.77. The van der Waals surface area contributed by atoms with E-state index in [-0.39, 0.29) is 11.6 Å². The van der Waals surface area contributed by atoms with Crippen LogP contribution in [-0.2, 0) is 6.42 Å². The lowest BCUT2D eigenvalue weighted by Crippen LogP contribution is -1.92. The van der Waals surface area contributed by atoms with Crippen LogP contribution >= 0.6 is 11.3 Å². The quantitative estimate of drug-likeness (QED) is 0.720. The lowest BCUT2D eigenvalue weighted by atomic mass is 10.0. The number of hydrogen-bond acceptors (Lipinski definition) is 2. The molecule has 1 heterocycles. The number of thiophene rings is 1. The first-order chi connectivity index (χ1) is 9.15. The summed E-state index contributed by atoms with van der Waals surface area (Å²) in [6.07, 6.45) is 0.498. The summed E-state index contributed by atoms with van der Waals surface area (Å²) >= 11 is 1.64. The number of rotatable bonds is 2. The SMILES string of the molecule is Cc1csc2c(Cc3ccccc3F)cc(O)cc12. The summed E-state index contributed by atoms with van der Waals surface area (Å²) < 4.78 is 14.8. The van der Waals surface area contributed by atoms with E-state index in [0.29, 0.717) is 12.0 Å². The summed E-state index contributed by atoms with van der Waals surface area (Å²) in [5.74, 6) is 0.0348. The first kappa shape index (κ1) is 12.2. The average Bonchev–Trinajstić information content (AvgIpc) is 2.74. The maximum Gasteiger partial charge on any atom is 0.126 e. The molecule has 0 saturated heterocycles. The van der Waals surface area contributed by atoms with Gasteiger partial charge in [-0.1, -0.05) is 18.2 Å². The number of phenols is 1. The third kappa shape index (κ3) is 2.22. The minimum atomic E-state index is -0.202. The molecule has 0 bridgehead atoms. The Morgan fingerprint density at radius 3 is 2.74 bits per heavy atom. The number of phenolic OH excluding ortho intramolecular Hbond substituents is 1. The minimum absolute atomic E-state index is 0.202. The third-order valence-corrected chi connectivity index (χ3v) is 4.46. The van der Waals surface area contributed by atoms with Crippen molar-refractivity contribution in [2.45, 2.75) is 13.3 Å². The molecule has 2 aromatic carbocycles. The number of aromatic hydroxyl groups is 1. The van der Waals surface area contributed by atoms with Gasteiger partial charge in [-0.05, 0) is 52.6 Å². The van der Waals surface area contributed by atoms with Gasteiger partial charge in [-0.3, -0.25) is 0 Å². The van der Waals surface area contributed by atoms with Gasteiger partial charge in [0.15, 0.2) is 0 Å². The Kier molecular flexibility index (Phi) is 2.99. The van der Waals surface area contributed by atoms with Crippen LogP contribution in [0, 0.1) is 12.7 Å². The monoisotopic (exact) mass is 272 g/mol. The van der Waals surface area contributed by atoms with Crippen molar-refractivity contribution in [3.63, 3.8) is 0 Å². The highest BCUT2D eigenvalue weighted by Crippen LogP contribution is 2.33. The first-order valence-corrected chi connectivity index (χ1v) is 6.96. The molecule has 0 atom stereocenters. The van der Waals surface area contributed by atoms with Crippen molar-refractivity contribution in [2.75, 3.05) is 0 Å². The molecule has 1 N–H and O–H groups in total. The van der Waals surface area contributed by atoms with Crippen LogP contribution in [0.4, 0.5) is 4.39 Å². The second kappa shape index (κ2) is 4.67. The summed E-state index contributed by atoms with van der Waals surface area (Å²) in [6, 6.07) is 10.3. The van der Waals surface area contributed by atoms with Crippen LogP contribution in [0.2, 0.25) is 0 Å². The van der Waals surface area contributed by atoms with Crippen molar-refractivity contribution < 1.29 is 9.50 Å². The fourth-order valence-electron chi connectivity index (χ4n) is 2.29. The molecule has 1 aromatic heterocycles. The molecular weight excluding hydrogens is 259 g/mol. The molecule has 0 aliphatic heterocycles. The van der Waals surface area contributed by atoms with E-state index in [2.05, 4.69) is 5.38 Å². The smallest absolute Gasteiger partial charge is 0.126 e. The molecule has 0 saturated carbocycles. The Hall–Kier alpha value is -1.87. The van der Waals surface area contributed by atoms with Crippen molar-refractivity contribution in [2.24, 2.45) is 0 Å². The van der Waals surface area contributed by atoms with Gasteiger partial charge in [0.2, 0.25) is 0 Å². The standard InChI is InChI=1S/C16H13FOS/c1-10-9-19-16-12(7-13(18)8-14(10)16)6-11-4-2-3-5-15(11)17/h2-5,7-9,18H,6H2,1H3. The van der Waals surface area contributed by atoms with E-state index in [0.717, 1.165) is 21.2 Å². The fourth-order valence-corrected chi connectivity index (χ4v) is 3.34. The van der Waals surface area contributed by atoms with Crippen LogP contribution in [0.15, 0.2) is 41.8 Å². The zero-order valence-corrected chi connectivity index (χ0v) is 11.3. The fraction of sp³-hybridized carbons (Fsp3) is 0.125. The van der Waals surface area contributed by atoms with Gasteiger partial charge in [0.05, 0.1) is 0 Å². The van der Waals surface area contributed by atoms with Gasteiger partial charge in [-0.25, -0.2) is 4.39 Å². The van der Waals surface area contributed by atoms with Gasteiger partial charge in [0.25, 0.3) is 0 Å². The topological polar surface area (TPSA) is 20.2 Å². The summed E-state index contributed by atoms with van der Waals surface area (Å²) in [5, 5.41) is 12.9. The number of fused-ring (bicyclic) bond motifs is 1. The maximum absolute atomic E-state index is 13.7. The van der Waals surface area contributed by atoms with Crippen LogP contribution in [0.5, 0.6) is 5.75 Å².